The third kappa shape index (κ3) is 4.43. The van der Waals surface area contributed by atoms with E-state index in [4.69, 9.17) is 4.74 Å². The lowest BCUT2D eigenvalue weighted by atomic mass is 10.1. The molecule has 0 bridgehead atoms. The molecule has 0 amide bonds. The number of halogens is 1. The lowest BCUT2D eigenvalue weighted by Crippen LogP contribution is -1.93. The van der Waals surface area contributed by atoms with Crippen LogP contribution in [-0.4, -0.2) is 5.78 Å². The lowest BCUT2D eigenvalue weighted by molar-refractivity contribution is 0.104. The van der Waals surface area contributed by atoms with Gasteiger partial charge in [0.2, 0.25) is 0 Å². The number of ether oxygens (including phenoxy) is 1. The highest BCUT2D eigenvalue weighted by molar-refractivity contribution is 9.10. The fraction of sp³-hybridized carbons (Fsp3) is 0. The number of hydrogen-bond acceptors (Lipinski definition) is 2. The number of hydrogen-bond donors (Lipinski definition) is 0. The summed E-state index contributed by atoms with van der Waals surface area (Å²) in [6.45, 7) is 0. The van der Waals surface area contributed by atoms with Gasteiger partial charge in [0, 0.05) is 10.0 Å². The van der Waals surface area contributed by atoms with Gasteiger partial charge in [-0.05, 0) is 60.2 Å². The van der Waals surface area contributed by atoms with Gasteiger partial charge in [-0.25, -0.2) is 0 Å². The van der Waals surface area contributed by atoms with Crippen LogP contribution in [0, 0.1) is 0 Å². The fourth-order valence-corrected chi connectivity index (χ4v) is 2.42. The van der Waals surface area contributed by atoms with Gasteiger partial charge in [-0.3, -0.25) is 4.79 Å². The summed E-state index contributed by atoms with van der Waals surface area (Å²) in [6.07, 6.45) is 3.38. The molecule has 0 aromatic heterocycles. The van der Waals surface area contributed by atoms with Gasteiger partial charge in [0.05, 0.1) is 0 Å². The second kappa shape index (κ2) is 7.75. The fourth-order valence-electron chi connectivity index (χ4n) is 2.15. The number of benzene rings is 3. The Labute approximate surface area is 149 Å². The van der Waals surface area contributed by atoms with Crippen LogP contribution in [0.1, 0.15) is 15.9 Å². The van der Waals surface area contributed by atoms with Gasteiger partial charge in [-0.15, -0.1) is 0 Å². The molecule has 3 heteroatoms. The first-order valence-electron chi connectivity index (χ1n) is 7.52. The summed E-state index contributed by atoms with van der Waals surface area (Å²) in [5.74, 6) is 1.54. The minimum atomic E-state index is -0.0212. The zero-order valence-corrected chi connectivity index (χ0v) is 14.4. The first-order chi connectivity index (χ1) is 11.7. The molecule has 24 heavy (non-hydrogen) atoms. The molecule has 2 nitrogen and oxygen atoms in total. The van der Waals surface area contributed by atoms with Crippen molar-refractivity contribution in [3.05, 3.63) is 101 Å². The molecule has 0 fully saturated rings. The van der Waals surface area contributed by atoms with Crippen LogP contribution in [0.2, 0.25) is 0 Å². The number of rotatable bonds is 5. The Bertz CT molecular complexity index is 835. The van der Waals surface area contributed by atoms with E-state index in [0.717, 1.165) is 21.5 Å². The van der Waals surface area contributed by atoms with Crippen molar-refractivity contribution in [2.45, 2.75) is 0 Å². The van der Waals surface area contributed by atoms with Crippen molar-refractivity contribution >= 4 is 27.8 Å². The number of para-hydroxylation sites is 1. The highest BCUT2D eigenvalue weighted by atomic mass is 79.9. The van der Waals surface area contributed by atoms with Crippen molar-refractivity contribution < 1.29 is 9.53 Å². The topological polar surface area (TPSA) is 26.3 Å². The van der Waals surface area contributed by atoms with Crippen molar-refractivity contribution in [3.63, 3.8) is 0 Å². The number of ketones is 1. The third-order valence-corrected chi connectivity index (χ3v) is 3.94. The minimum Gasteiger partial charge on any atom is -0.457 e. The van der Waals surface area contributed by atoms with Crippen LogP contribution >= 0.6 is 15.9 Å². The highest BCUT2D eigenvalue weighted by Crippen LogP contribution is 2.21. The molecule has 0 aliphatic heterocycles. The predicted octanol–water partition coefficient (Wildman–Crippen LogP) is 6.14. The summed E-state index contributed by atoms with van der Waals surface area (Å²) in [7, 11) is 0. The van der Waals surface area contributed by atoms with Gasteiger partial charge >= 0.3 is 0 Å². The van der Waals surface area contributed by atoms with Crippen LogP contribution in [0.15, 0.2) is 89.4 Å². The monoisotopic (exact) mass is 378 g/mol. The Morgan fingerprint density at radius 1 is 0.792 bits per heavy atom. The molecule has 0 aliphatic rings. The van der Waals surface area contributed by atoms with E-state index in [1.54, 1.807) is 24.3 Å². The Hall–Kier alpha value is -2.65. The number of carbonyl (C=O) groups excluding carboxylic acids is 1. The van der Waals surface area contributed by atoms with Gasteiger partial charge < -0.3 is 4.74 Å². The number of allylic oxidation sites excluding steroid dienone is 1. The maximum Gasteiger partial charge on any atom is 0.185 e. The van der Waals surface area contributed by atoms with Gasteiger partial charge in [0.1, 0.15) is 11.5 Å². The molecule has 0 aliphatic carbocycles. The van der Waals surface area contributed by atoms with Crippen molar-refractivity contribution in [1.29, 1.82) is 0 Å². The van der Waals surface area contributed by atoms with E-state index < -0.39 is 0 Å². The zero-order valence-electron chi connectivity index (χ0n) is 12.9. The summed E-state index contributed by atoms with van der Waals surface area (Å²) < 4.78 is 6.70. The summed E-state index contributed by atoms with van der Waals surface area (Å²) in [5, 5.41) is 0. The Morgan fingerprint density at radius 3 is 2.08 bits per heavy atom. The molecule has 0 unspecified atom stereocenters. The van der Waals surface area contributed by atoms with E-state index in [2.05, 4.69) is 15.9 Å². The van der Waals surface area contributed by atoms with Gasteiger partial charge in [0.25, 0.3) is 0 Å². The van der Waals surface area contributed by atoms with Crippen LogP contribution in [0.4, 0.5) is 0 Å². The predicted molar refractivity (Wildman–Crippen MR) is 100 cm³/mol. The van der Waals surface area contributed by atoms with Crippen LogP contribution in [-0.2, 0) is 0 Å². The SMILES string of the molecule is O=C(C=Cc1ccc(Oc2ccccc2)cc1)c1ccc(Br)cc1. The lowest BCUT2D eigenvalue weighted by Gasteiger charge is -2.05. The molecule has 3 aromatic carbocycles. The molecule has 0 N–H and O–H groups in total. The third-order valence-electron chi connectivity index (χ3n) is 3.41. The van der Waals surface area contributed by atoms with Crippen LogP contribution in [0.25, 0.3) is 6.08 Å². The molecule has 0 saturated carbocycles. The van der Waals surface area contributed by atoms with E-state index in [0.29, 0.717) is 5.56 Å². The first kappa shape index (κ1) is 16.2. The van der Waals surface area contributed by atoms with E-state index in [-0.39, 0.29) is 5.78 Å². The zero-order chi connectivity index (χ0) is 16.8. The molecule has 118 valence electrons. The van der Waals surface area contributed by atoms with Crippen molar-refractivity contribution in [2.24, 2.45) is 0 Å². The average Bonchev–Trinajstić information content (AvgIpc) is 2.62. The van der Waals surface area contributed by atoms with Crippen LogP contribution < -0.4 is 4.74 Å². The van der Waals surface area contributed by atoms with Gasteiger partial charge in [0.15, 0.2) is 5.78 Å². The summed E-state index contributed by atoms with van der Waals surface area (Å²) in [4.78, 5) is 12.1. The molecule has 0 spiro atoms. The van der Waals surface area contributed by atoms with E-state index in [1.165, 1.54) is 0 Å². The van der Waals surface area contributed by atoms with Crippen molar-refractivity contribution in [2.75, 3.05) is 0 Å². The Kier molecular flexibility index (Phi) is 5.24. The quantitative estimate of drug-likeness (QED) is 0.393. The highest BCUT2D eigenvalue weighted by Gasteiger charge is 2.01. The summed E-state index contributed by atoms with van der Waals surface area (Å²) in [5.41, 5.74) is 1.61. The molecule has 0 saturated heterocycles. The van der Waals surface area contributed by atoms with Crippen molar-refractivity contribution in [1.82, 2.24) is 0 Å². The molecule has 3 aromatic rings. The molecule has 0 atom stereocenters. The van der Waals surface area contributed by atoms with Crippen molar-refractivity contribution in [3.8, 4) is 11.5 Å². The molecular formula is C21H15BrO2. The van der Waals surface area contributed by atoms with E-state index in [9.17, 15) is 4.79 Å². The average molecular weight is 379 g/mol. The van der Waals surface area contributed by atoms with Gasteiger partial charge in [-0.2, -0.15) is 0 Å². The van der Waals surface area contributed by atoms with E-state index in [1.807, 2.05) is 66.7 Å². The number of carbonyl (C=O) groups is 1. The summed E-state index contributed by atoms with van der Waals surface area (Å²) in [6, 6.07) is 24.6. The summed E-state index contributed by atoms with van der Waals surface area (Å²) >= 11 is 3.36. The molecule has 0 heterocycles. The Balaban J connectivity index is 1.65. The normalized spacial score (nSPS) is 10.7. The van der Waals surface area contributed by atoms with E-state index >= 15 is 0 Å². The van der Waals surface area contributed by atoms with Crippen LogP contribution in [0.3, 0.4) is 0 Å². The molecule has 0 radical (unpaired) electrons. The maximum absolute atomic E-state index is 12.1. The second-order valence-corrected chi connectivity index (χ2v) is 6.10. The first-order valence-corrected chi connectivity index (χ1v) is 8.31. The minimum absolute atomic E-state index is 0.0212. The molecule has 3 rings (SSSR count). The van der Waals surface area contributed by atoms with Crippen LogP contribution in [0.5, 0.6) is 11.5 Å². The standard InChI is InChI=1S/C21H15BrO2/c22-18-11-9-17(10-12-18)21(23)15-8-16-6-13-20(14-7-16)24-19-4-2-1-3-5-19/h1-15H. The molecular weight excluding hydrogens is 364 g/mol. The van der Waals surface area contributed by atoms with Gasteiger partial charge in [-0.1, -0.05) is 52.3 Å². The maximum atomic E-state index is 12.1. The largest absolute Gasteiger partial charge is 0.457 e. The Morgan fingerprint density at radius 2 is 1.42 bits per heavy atom. The smallest absolute Gasteiger partial charge is 0.185 e. The second-order valence-electron chi connectivity index (χ2n) is 5.19.